The summed E-state index contributed by atoms with van der Waals surface area (Å²) in [4.78, 5) is 0. The molecule has 1 aromatic carbocycles. The fourth-order valence-electron chi connectivity index (χ4n) is 2.51. The summed E-state index contributed by atoms with van der Waals surface area (Å²) in [6, 6.07) is 4.83. The lowest BCUT2D eigenvalue weighted by Gasteiger charge is -2.33. The van der Waals surface area contributed by atoms with Crippen LogP contribution in [0.5, 0.6) is 11.5 Å². The van der Waals surface area contributed by atoms with Crippen molar-refractivity contribution in [2.75, 3.05) is 0 Å². The Hall–Kier alpha value is -1.18. The first-order chi connectivity index (χ1) is 7.12. The van der Waals surface area contributed by atoms with Gasteiger partial charge in [-0.2, -0.15) is 0 Å². The molecular weight excluding hydrogens is 200 g/mol. The molecule has 0 heterocycles. The zero-order chi connectivity index (χ0) is 12.6. The number of hydrogen-bond acceptors (Lipinski definition) is 2. The van der Waals surface area contributed by atoms with Crippen LogP contribution in [-0.4, -0.2) is 10.2 Å². The second kappa shape index (κ2) is 4.00. The van der Waals surface area contributed by atoms with Crippen molar-refractivity contribution in [2.24, 2.45) is 5.41 Å². The van der Waals surface area contributed by atoms with Crippen molar-refractivity contribution in [3.8, 4) is 11.5 Å². The fraction of sp³-hybridized carbons (Fsp3) is 0.571. The molecule has 0 fully saturated rings. The Morgan fingerprint density at radius 1 is 1.00 bits per heavy atom. The van der Waals surface area contributed by atoms with Gasteiger partial charge in [0.15, 0.2) is 0 Å². The summed E-state index contributed by atoms with van der Waals surface area (Å²) in [5.41, 5.74) is 0.990. The van der Waals surface area contributed by atoms with Gasteiger partial charge in [0.2, 0.25) is 0 Å². The highest BCUT2D eigenvalue weighted by molar-refractivity contribution is 5.43. The molecule has 0 atom stereocenters. The van der Waals surface area contributed by atoms with E-state index in [0.717, 1.165) is 12.0 Å². The number of phenols is 2. The van der Waals surface area contributed by atoms with Crippen molar-refractivity contribution in [2.45, 2.75) is 46.5 Å². The SMILES string of the molecule is CC(C)(C)CC(C)(C)c1ccc(O)cc1O. The summed E-state index contributed by atoms with van der Waals surface area (Å²) < 4.78 is 0. The van der Waals surface area contributed by atoms with Crippen molar-refractivity contribution in [1.82, 2.24) is 0 Å². The van der Waals surface area contributed by atoms with Gasteiger partial charge < -0.3 is 10.2 Å². The molecule has 0 aliphatic rings. The van der Waals surface area contributed by atoms with Gasteiger partial charge in [0.1, 0.15) is 11.5 Å². The minimum absolute atomic E-state index is 0.101. The molecule has 1 rings (SSSR count). The van der Waals surface area contributed by atoms with Crippen LogP contribution in [0.4, 0.5) is 0 Å². The van der Waals surface area contributed by atoms with Crippen molar-refractivity contribution in [3.05, 3.63) is 23.8 Å². The minimum atomic E-state index is -0.101. The molecule has 0 aromatic heterocycles. The fourth-order valence-corrected chi connectivity index (χ4v) is 2.51. The van der Waals surface area contributed by atoms with Crippen molar-refractivity contribution < 1.29 is 10.2 Å². The Morgan fingerprint density at radius 2 is 1.56 bits per heavy atom. The van der Waals surface area contributed by atoms with Gasteiger partial charge in [-0.1, -0.05) is 40.7 Å². The molecule has 0 aliphatic heterocycles. The van der Waals surface area contributed by atoms with E-state index in [2.05, 4.69) is 34.6 Å². The molecule has 90 valence electrons. The minimum Gasteiger partial charge on any atom is -0.508 e. The Morgan fingerprint density at radius 3 is 2.00 bits per heavy atom. The molecule has 2 N–H and O–H groups in total. The molecule has 0 radical (unpaired) electrons. The summed E-state index contributed by atoms with van der Waals surface area (Å²) >= 11 is 0. The lowest BCUT2D eigenvalue weighted by molar-refractivity contribution is 0.278. The van der Waals surface area contributed by atoms with Gasteiger partial charge in [0.05, 0.1) is 0 Å². The molecule has 2 heteroatoms. The van der Waals surface area contributed by atoms with Crippen LogP contribution in [0, 0.1) is 5.41 Å². The molecule has 0 aliphatic carbocycles. The maximum absolute atomic E-state index is 9.86. The normalized spacial score (nSPS) is 12.8. The number of aromatic hydroxyl groups is 2. The maximum atomic E-state index is 9.86. The Bertz CT molecular complexity index is 373. The summed E-state index contributed by atoms with van der Waals surface area (Å²) in [5.74, 6) is 0.280. The standard InChI is InChI=1S/C14H22O2/c1-13(2,3)9-14(4,5)11-7-6-10(15)8-12(11)16/h6-8,15-16H,9H2,1-5H3. The van der Waals surface area contributed by atoms with E-state index in [4.69, 9.17) is 0 Å². The topological polar surface area (TPSA) is 40.5 Å². The molecule has 2 nitrogen and oxygen atoms in total. The van der Waals surface area contributed by atoms with Gasteiger partial charge in [-0.15, -0.1) is 0 Å². The smallest absolute Gasteiger partial charge is 0.122 e. The molecule has 0 amide bonds. The lowest BCUT2D eigenvalue weighted by Crippen LogP contribution is -2.24. The highest BCUT2D eigenvalue weighted by Gasteiger charge is 2.29. The molecule has 0 bridgehead atoms. The van der Waals surface area contributed by atoms with Gasteiger partial charge in [-0.05, 0) is 28.9 Å². The van der Waals surface area contributed by atoms with Gasteiger partial charge in [-0.25, -0.2) is 0 Å². The van der Waals surface area contributed by atoms with E-state index < -0.39 is 0 Å². The van der Waals surface area contributed by atoms with E-state index in [0.29, 0.717) is 0 Å². The summed E-state index contributed by atoms with van der Waals surface area (Å²) in [7, 11) is 0. The molecule has 0 saturated heterocycles. The van der Waals surface area contributed by atoms with Crippen LogP contribution in [0.2, 0.25) is 0 Å². The van der Waals surface area contributed by atoms with Crippen LogP contribution in [0.15, 0.2) is 18.2 Å². The van der Waals surface area contributed by atoms with E-state index in [1.807, 2.05) is 0 Å². The van der Waals surface area contributed by atoms with Crippen molar-refractivity contribution >= 4 is 0 Å². The predicted molar refractivity (Wildman–Crippen MR) is 66.9 cm³/mol. The van der Waals surface area contributed by atoms with Gasteiger partial charge >= 0.3 is 0 Å². The predicted octanol–water partition coefficient (Wildman–Crippen LogP) is 3.81. The first-order valence-electron chi connectivity index (χ1n) is 5.64. The second-order valence-electron chi connectivity index (χ2n) is 6.32. The monoisotopic (exact) mass is 222 g/mol. The van der Waals surface area contributed by atoms with E-state index in [-0.39, 0.29) is 22.3 Å². The summed E-state index contributed by atoms with van der Waals surface area (Å²) in [6.07, 6.45) is 0.971. The van der Waals surface area contributed by atoms with E-state index in [1.165, 1.54) is 6.07 Å². The van der Waals surface area contributed by atoms with Crippen molar-refractivity contribution in [1.29, 1.82) is 0 Å². The molecule has 16 heavy (non-hydrogen) atoms. The third-order valence-corrected chi connectivity index (χ3v) is 2.68. The number of phenolic OH excluding ortho intramolecular Hbond substituents is 2. The van der Waals surface area contributed by atoms with Gasteiger partial charge in [-0.3, -0.25) is 0 Å². The Balaban J connectivity index is 3.07. The van der Waals surface area contributed by atoms with Gasteiger partial charge in [0.25, 0.3) is 0 Å². The molecular formula is C14H22O2. The van der Waals surface area contributed by atoms with Crippen LogP contribution in [0.25, 0.3) is 0 Å². The van der Waals surface area contributed by atoms with Crippen LogP contribution >= 0.6 is 0 Å². The van der Waals surface area contributed by atoms with E-state index in [1.54, 1.807) is 12.1 Å². The largest absolute Gasteiger partial charge is 0.508 e. The first-order valence-corrected chi connectivity index (χ1v) is 5.64. The quantitative estimate of drug-likeness (QED) is 0.798. The van der Waals surface area contributed by atoms with E-state index >= 15 is 0 Å². The van der Waals surface area contributed by atoms with Crippen LogP contribution in [0.3, 0.4) is 0 Å². The molecule has 0 spiro atoms. The zero-order valence-corrected chi connectivity index (χ0v) is 10.8. The number of rotatable bonds is 2. The second-order valence-corrected chi connectivity index (χ2v) is 6.32. The van der Waals surface area contributed by atoms with E-state index in [9.17, 15) is 10.2 Å². The first kappa shape index (κ1) is 12.9. The van der Waals surface area contributed by atoms with Crippen LogP contribution in [0.1, 0.15) is 46.6 Å². The number of hydrogen-bond donors (Lipinski definition) is 2. The zero-order valence-electron chi connectivity index (χ0n) is 10.8. The Labute approximate surface area is 97.9 Å². The molecule has 0 unspecified atom stereocenters. The maximum Gasteiger partial charge on any atom is 0.122 e. The van der Waals surface area contributed by atoms with Crippen LogP contribution in [-0.2, 0) is 5.41 Å². The lowest BCUT2D eigenvalue weighted by atomic mass is 9.72. The third-order valence-electron chi connectivity index (χ3n) is 2.68. The highest BCUT2D eigenvalue weighted by Crippen LogP contribution is 2.40. The Kier molecular flexibility index (Phi) is 3.22. The summed E-state index contributed by atoms with van der Waals surface area (Å²) in [5, 5.41) is 19.1. The average molecular weight is 222 g/mol. The van der Waals surface area contributed by atoms with Crippen LogP contribution < -0.4 is 0 Å². The van der Waals surface area contributed by atoms with Gasteiger partial charge in [0, 0.05) is 6.07 Å². The summed E-state index contributed by atoms with van der Waals surface area (Å²) in [6.45, 7) is 10.8. The average Bonchev–Trinajstić information content (AvgIpc) is 1.97. The number of benzene rings is 1. The third kappa shape index (κ3) is 3.16. The highest BCUT2D eigenvalue weighted by atomic mass is 16.3. The molecule has 0 saturated carbocycles. The van der Waals surface area contributed by atoms with Crippen molar-refractivity contribution in [3.63, 3.8) is 0 Å². The molecule has 1 aromatic rings.